The van der Waals surface area contributed by atoms with Crippen LogP contribution in [0.15, 0.2) is 53.4 Å². The predicted molar refractivity (Wildman–Crippen MR) is 121 cm³/mol. The summed E-state index contributed by atoms with van der Waals surface area (Å²) in [6.45, 7) is 4.36. The number of likely N-dealkylation sites (N-methyl/N-ethyl adjacent to an activating group) is 1. The average Bonchev–Trinajstić information content (AvgIpc) is 2.74. The van der Waals surface area contributed by atoms with E-state index in [1.807, 2.05) is 56.3 Å². The number of sulfonamides is 1. The minimum atomic E-state index is -3.84. The van der Waals surface area contributed by atoms with Gasteiger partial charge in [-0.15, -0.1) is 0 Å². The minimum absolute atomic E-state index is 0.0709. The third-order valence-corrected chi connectivity index (χ3v) is 7.36. The summed E-state index contributed by atoms with van der Waals surface area (Å²) in [5.41, 5.74) is 1.56. The maximum Gasteiger partial charge on any atom is 0.247 e. The lowest BCUT2D eigenvalue weighted by Gasteiger charge is -2.37. The first kappa shape index (κ1) is 23.3. The van der Waals surface area contributed by atoms with Gasteiger partial charge in [0.2, 0.25) is 10.0 Å². The molecule has 2 aromatic rings. The second-order valence-corrected chi connectivity index (χ2v) is 10.1. The summed E-state index contributed by atoms with van der Waals surface area (Å²) in [6.07, 6.45) is -0.213. The Balaban J connectivity index is 2.08. The van der Waals surface area contributed by atoms with Crippen molar-refractivity contribution < 1.29 is 18.3 Å². The number of ether oxygens (including phenoxy) is 1. The number of fused-ring (bicyclic) bond motifs is 1. The van der Waals surface area contributed by atoms with Crippen molar-refractivity contribution in [1.82, 2.24) is 9.21 Å². The van der Waals surface area contributed by atoms with E-state index in [-0.39, 0.29) is 30.1 Å². The highest BCUT2D eigenvalue weighted by atomic mass is 32.2. The first-order chi connectivity index (χ1) is 14.7. The van der Waals surface area contributed by atoms with Crippen LogP contribution in [0.1, 0.15) is 25.0 Å². The van der Waals surface area contributed by atoms with Crippen LogP contribution in [0.3, 0.4) is 0 Å². The van der Waals surface area contributed by atoms with Crippen molar-refractivity contribution in [2.45, 2.75) is 30.9 Å². The number of benzene rings is 2. The Morgan fingerprint density at radius 2 is 1.84 bits per heavy atom. The molecule has 1 heterocycles. The Kier molecular flexibility index (Phi) is 7.39. The van der Waals surface area contributed by atoms with Crippen molar-refractivity contribution in [2.75, 3.05) is 33.8 Å². The van der Waals surface area contributed by atoms with Gasteiger partial charge in [-0.3, -0.25) is 0 Å². The smallest absolute Gasteiger partial charge is 0.247 e. The van der Waals surface area contributed by atoms with Gasteiger partial charge < -0.3 is 14.7 Å². The monoisotopic (exact) mass is 442 g/mol. The van der Waals surface area contributed by atoms with Crippen molar-refractivity contribution in [3.63, 3.8) is 0 Å². The van der Waals surface area contributed by atoms with E-state index in [9.17, 15) is 13.5 Å². The zero-order valence-corrected chi connectivity index (χ0v) is 19.3. The second-order valence-electron chi connectivity index (χ2n) is 8.28. The van der Waals surface area contributed by atoms with Gasteiger partial charge in [-0.25, -0.2) is 8.42 Å². The SMILES string of the molecule is C[C@H](CO)N1C[C@H](C)[C@@H](CN(C)C)Oc2cc(C#Cc3ccccc3)ccc2S1(=O)=O. The van der Waals surface area contributed by atoms with E-state index >= 15 is 0 Å². The molecule has 1 aliphatic heterocycles. The number of aliphatic hydroxyl groups is 1. The largest absolute Gasteiger partial charge is 0.487 e. The van der Waals surface area contributed by atoms with Gasteiger partial charge in [0, 0.05) is 36.2 Å². The van der Waals surface area contributed by atoms with E-state index in [2.05, 4.69) is 11.8 Å². The molecule has 166 valence electrons. The van der Waals surface area contributed by atoms with Crippen LogP contribution in [0.4, 0.5) is 0 Å². The quantitative estimate of drug-likeness (QED) is 0.737. The lowest BCUT2D eigenvalue weighted by atomic mass is 10.0. The summed E-state index contributed by atoms with van der Waals surface area (Å²) < 4.78 is 34.5. The predicted octanol–water partition coefficient (Wildman–Crippen LogP) is 2.42. The highest BCUT2D eigenvalue weighted by Gasteiger charge is 2.37. The molecule has 31 heavy (non-hydrogen) atoms. The van der Waals surface area contributed by atoms with E-state index < -0.39 is 16.1 Å². The summed E-state index contributed by atoms with van der Waals surface area (Å²) in [6, 6.07) is 14.0. The molecule has 1 aliphatic rings. The first-order valence-electron chi connectivity index (χ1n) is 10.4. The average molecular weight is 443 g/mol. The summed E-state index contributed by atoms with van der Waals surface area (Å²) in [5, 5.41) is 9.69. The molecule has 3 atom stereocenters. The van der Waals surface area contributed by atoms with Gasteiger partial charge in [0.05, 0.1) is 6.61 Å². The lowest BCUT2D eigenvalue weighted by Crippen LogP contribution is -2.49. The molecule has 0 radical (unpaired) electrons. The number of rotatable bonds is 4. The first-order valence-corrected chi connectivity index (χ1v) is 11.8. The number of hydrogen-bond acceptors (Lipinski definition) is 5. The zero-order chi connectivity index (χ0) is 22.6. The van der Waals surface area contributed by atoms with Gasteiger partial charge in [-0.2, -0.15) is 4.31 Å². The number of hydrogen-bond donors (Lipinski definition) is 1. The van der Waals surface area contributed by atoms with Crippen LogP contribution in [0.2, 0.25) is 0 Å². The van der Waals surface area contributed by atoms with Crippen molar-refractivity contribution in [3.8, 4) is 17.6 Å². The molecule has 2 aromatic carbocycles. The van der Waals surface area contributed by atoms with Crippen molar-refractivity contribution in [1.29, 1.82) is 0 Å². The molecular weight excluding hydrogens is 412 g/mol. The maximum atomic E-state index is 13.4. The van der Waals surface area contributed by atoms with Gasteiger partial charge in [0.25, 0.3) is 0 Å². The van der Waals surface area contributed by atoms with Gasteiger partial charge in [0.15, 0.2) is 0 Å². The van der Waals surface area contributed by atoms with Crippen LogP contribution in [0.25, 0.3) is 0 Å². The van der Waals surface area contributed by atoms with E-state index in [1.54, 1.807) is 25.1 Å². The van der Waals surface area contributed by atoms with Gasteiger partial charge >= 0.3 is 0 Å². The van der Waals surface area contributed by atoms with Crippen molar-refractivity contribution >= 4 is 10.0 Å². The van der Waals surface area contributed by atoms with E-state index in [4.69, 9.17) is 4.74 Å². The van der Waals surface area contributed by atoms with Crippen molar-refractivity contribution in [2.24, 2.45) is 5.92 Å². The molecule has 6 nitrogen and oxygen atoms in total. The van der Waals surface area contributed by atoms with Crippen LogP contribution >= 0.6 is 0 Å². The fourth-order valence-electron chi connectivity index (χ4n) is 3.55. The molecule has 0 amide bonds. The molecule has 7 heteroatoms. The number of aliphatic hydroxyl groups excluding tert-OH is 1. The van der Waals surface area contributed by atoms with Crippen LogP contribution in [-0.4, -0.2) is 68.7 Å². The van der Waals surface area contributed by atoms with Crippen LogP contribution in [0, 0.1) is 17.8 Å². The molecule has 0 spiro atoms. The fraction of sp³-hybridized carbons (Fsp3) is 0.417. The molecule has 3 rings (SSSR count). The normalized spacial score (nSPS) is 21.7. The Morgan fingerprint density at radius 1 is 1.16 bits per heavy atom. The molecule has 0 aliphatic carbocycles. The van der Waals surface area contributed by atoms with Gasteiger partial charge in [-0.1, -0.05) is 37.0 Å². The zero-order valence-electron chi connectivity index (χ0n) is 18.4. The third kappa shape index (κ3) is 5.46. The summed E-state index contributed by atoms with van der Waals surface area (Å²) in [4.78, 5) is 2.13. The fourth-order valence-corrected chi connectivity index (χ4v) is 5.37. The van der Waals surface area contributed by atoms with E-state index in [0.29, 0.717) is 17.9 Å². The van der Waals surface area contributed by atoms with E-state index in [1.165, 1.54) is 4.31 Å². The lowest BCUT2D eigenvalue weighted by molar-refractivity contribution is 0.0812. The number of nitrogens with zero attached hydrogens (tertiary/aromatic N) is 2. The minimum Gasteiger partial charge on any atom is -0.487 e. The van der Waals surface area contributed by atoms with Crippen molar-refractivity contribution in [3.05, 3.63) is 59.7 Å². The van der Waals surface area contributed by atoms with Crippen LogP contribution in [-0.2, 0) is 10.0 Å². The highest BCUT2D eigenvalue weighted by molar-refractivity contribution is 7.89. The van der Waals surface area contributed by atoms with Crippen LogP contribution < -0.4 is 4.74 Å². The van der Waals surface area contributed by atoms with Crippen LogP contribution in [0.5, 0.6) is 5.75 Å². The molecule has 0 fully saturated rings. The third-order valence-electron chi connectivity index (χ3n) is 5.34. The Hall–Kier alpha value is -2.37. The molecule has 0 saturated carbocycles. The summed E-state index contributed by atoms with van der Waals surface area (Å²) in [7, 11) is 0.0853. The molecule has 0 bridgehead atoms. The molecule has 0 saturated heterocycles. The summed E-state index contributed by atoms with van der Waals surface area (Å²) >= 11 is 0. The topological polar surface area (TPSA) is 70.1 Å². The van der Waals surface area contributed by atoms with E-state index in [0.717, 1.165) is 5.56 Å². The molecule has 0 unspecified atom stereocenters. The second kappa shape index (κ2) is 9.84. The van der Waals surface area contributed by atoms with Gasteiger partial charge in [-0.05, 0) is 51.4 Å². The Morgan fingerprint density at radius 3 is 2.48 bits per heavy atom. The molecular formula is C24H30N2O4S. The maximum absolute atomic E-state index is 13.4. The standard InChI is InChI=1S/C24H30N2O4S/c1-18-15-26(19(2)17-27)31(28,29)24-13-12-21(11-10-20-8-6-5-7-9-20)14-22(24)30-23(18)16-25(3)4/h5-9,12-14,18-19,23,27H,15-17H2,1-4H3/t18-,19+,23+/m0/s1. The Bertz CT molecular complexity index is 1060. The molecule has 1 N–H and O–H groups in total. The highest BCUT2D eigenvalue weighted by Crippen LogP contribution is 2.34. The van der Waals surface area contributed by atoms with Gasteiger partial charge in [0.1, 0.15) is 16.7 Å². The Labute approximate surface area is 185 Å². The molecule has 0 aromatic heterocycles. The summed E-state index contributed by atoms with van der Waals surface area (Å²) in [5.74, 6) is 6.42.